The molecule has 0 amide bonds. The summed E-state index contributed by atoms with van der Waals surface area (Å²) in [6.07, 6.45) is 2.47. The number of benzene rings is 2. The van der Waals surface area contributed by atoms with Gasteiger partial charge in [-0.25, -0.2) is 0 Å². The highest BCUT2D eigenvalue weighted by Gasteiger charge is 2.27. The van der Waals surface area contributed by atoms with Gasteiger partial charge in [-0.15, -0.1) is 0 Å². The zero-order valence-corrected chi connectivity index (χ0v) is 13.9. The van der Waals surface area contributed by atoms with Crippen molar-refractivity contribution in [3.63, 3.8) is 0 Å². The van der Waals surface area contributed by atoms with Crippen molar-refractivity contribution >= 4 is 10.1 Å². The van der Waals surface area contributed by atoms with Crippen molar-refractivity contribution in [2.24, 2.45) is 0 Å². The van der Waals surface area contributed by atoms with E-state index in [4.69, 9.17) is 8.92 Å². The molecule has 23 heavy (non-hydrogen) atoms. The molecule has 0 spiro atoms. The van der Waals surface area contributed by atoms with Crippen LogP contribution in [0.4, 0.5) is 0 Å². The highest BCUT2D eigenvalue weighted by atomic mass is 32.2. The predicted octanol–water partition coefficient (Wildman–Crippen LogP) is 3.83. The Morgan fingerprint density at radius 3 is 2.48 bits per heavy atom. The fraction of sp³-hybridized carbons (Fsp3) is 0.333. The molecule has 0 saturated heterocycles. The quantitative estimate of drug-likeness (QED) is 0.754. The lowest BCUT2D eigenvalue weighted by Gasteiger charge is -2.24. The summed E-state index contributed by atoms with van der Waals surface area (Å²) in [7, 11) is -3.72. The number of hydrogen-bond donors (Lipinski definition) is 0. The largest absolute Gasteiger partial charge is 0.489 e. The molecule has 0 bridgehead atoms. The minimum atomic E-state index is -3.72. The van der Waals surface area contributed by atoms with Crippen LogP contribution in [0.1, 0.15) is 30.4 Å². The van der Waals surface area contributed by atoms with Crippen LogP contribution >= 0.6 is 0 Å². The van der Waals surface area contributed by atoms with E-state index in [1.165, 1.54) is 0 Å². The molecule has 0 aromatic heterocycles. The van der Waals surface area contributed by atoms with Gasteiger partial charge in [0.15, 0.2) is 0 Å². The fourth-order valence-corrected chi connectivity index (χ4v) is 3.48. The fourth-order valence-electron chi connectivity index (χ4n) is 2.33. The lowest BCUT2D eigenvalue weighted by atomic mass is 9.97. The zero-order chi connectivity index (χ0) is 16.3. The molecule has 0 atom stereocenters. The molecular weight excluding hydrogens is 312 g/mol. The van der Waals surface area contributed by atoms with E-state index in [0.29, 0.717) is 12.4 Å². The van der Waals surface area contributed by atoms with Crippen molar-refractivity contribution in [1.29, 1.82) is 0 Å². The van der Waals surface area contributed by atoms with Gasteiger partial charge in [0.25, 0.3) is 10.1 Å². The van der Waals surface area contributed by atoms with Gasteiger partial charge < -0.3 is 4.74 Å². The molecule has 0 aliphatic heterocycles. The molecule has 1 aliphatic rings. The summed E-state index contributed by atoms with van der Waals surface area (Å²) in [5.74, 6) is 0.562. The molecule has 4 nitrogen and oxygen atoms in total. The van der Waals surface area contributed by atoms with E-state index >= 15 is 0 Å². The van der Waals surface area contributed by atoms with E-state index in [2.05, 4.69) is 0 Å². The van der Waals surface area contributed by atoms with Gasteiger partial charge >= 0.3 is 0 Å². The van der Waals surface area contributed by atoms with Gasteiger partial charge in [-0.1, -0.05) is 36.4 Å². The third-order valence-corrected chi connectivity index (χ3v) is 5.36. The lowest BCUT2D eigenvalue weighted by Crippen LogP contribution is -2.25. The van der Waals surface area contributed by atoms with Crippen LogP contribution in [-0.2, 0) is 20.9 Å². The molecule has 0 N–H and O–H groups in total. The highest BCUT2D eigenvalue weighted by molar-refractivity contribution is 7.86. The Kier molecular flexibility index (Phi) is 4.68. The molecule has 0 unspecified atom stereocenters. The molecular formula is C18H20O4S. The maximum absolute atomic E-state index is 12.3. The first kappa shape index (κ1) is 16.0. The molecule has 0 radical (unpaired) electrons. The van der Waals surface area contributed by atoms with Crippen LogP contribution in [0.15, 0.2) is 53.4 Å². The highest BCUT2D eigenvalue weighted by Crippen LogP contribution is 2.29. The van der Waals surface area contributed by atoms with E-state index < -0.39 is 10.1 Å². The summed E-state index contributed by atoms with van der Waals surface area (Å²) in [4.78, 5) is 0.151. The van der Waals surface area contributed by atoms with Crippen LogP contribution in [0.3, 0.4) is 0 Å². The maximum atomic E-state index is 12.3. The Balaban J connectivity index is 1.75. The summed E-state index contributed by atoms with van der Waals surface area (Å²) in [6, 6.07) is 14.6. The van der Waals surface area contributed by atoms with Crippen LogP contribution in [0.5, 0.6) is 5.75 Å². The first-order valence-electron chi connectivity index (χ1n) is 7.75. The van der Waals surface area contributed by atoms with Gasteiger partial charge in [0.05, 0.1) is 11.0 Å². The van der Waals surface area contributed by atoms with Crippen molar-refractivity contribution in [3.05, 3.63) is 59.7 Å². The van der Waals surface area contributed by atoms with Gasteiger partial charge in [0.2, 0.25) is 0 Å². The average Bonchev–Trinajstić information content (AvgIpc) is 2.51. The van der Waals surface area contributed by atoms with Gasteiger partial charge in [-0.05, 0) is 43.4 Å². The Labute approximate surface area is 137 Å². The third-order valence-electron chi connectivity index (χ3n) is 4.00. The zero-order valence-electron chi connectivity index (χ0n) is 13.1. The van der Waals surface area contributed by atoms with Crippen molar-refractivity contribution in [3.8, 4) is 5.75 Å². The summed E-state index contributed by atoms with van der Waals surface area (Å²) in [5.41, 5.74) is 1.93. The summed E-state index contributed by atoms with van der Waals surface area (Å²) >= 11 is 0. The first-order valence-corrected chi connectivity index (χ1v) is 9.16. The van der Waals surface area contributed by atoms with Crippen molar-refractivity contribution in [1.82, 2.24) is 0 Å². The monoisotopic (exact) mass is 332 g/mol. The molecule has 2 aromatic carbocycles. The van der Waals surface area contributed by atoms with Gasteiger partial charge in [0.1, 0.15) is 12.4 Å². The second kappa shape index (κ2) is 6.72. The Hall–Kier alpha value is -1.85. The second-order valence-electron chi connectivity index (χ2n) is 5.80. The number of hydrogen-bond acceptors (Lipinski definition) is 4. The number of aryl methyl sites for hydroxylation is 1. The minimum Gasteiger partial charge on any atom is -0.489 e. The SMILES string of the molecule is Cc1ccc(S(=O)(=O)OC2CCC2)cc1OCc1ccccc1. The van der Waals surface area contributed by atoms with Crippen molar-refractivity contribution < 1.29 is 17.3 Å². The Bertz CT molecular complexity index is 765. The summed E-state index contributed by atoms with van der Waals surface area (Å²) in [5, 5.41) is 0. The standard InChI is InChI=1S/C18H20O4S/c1-14-10-11-17(23(19,20)22-16-8-5-9-16)12-18(14)21-13-15-6-3-2-4-7-15/h2-4,6-7,10-12,16H,5,8-9,13H2,1H3. The van der Waals surface area contributed by atoms with Crippen LogP contribution in [0.2, 0.25) is 0 Å². The van der Waals surface area contributed by atoms with Gasteiger partial charge in [-0.2, -0.15) is 8.42 Å². The molecule has 1 fully saturated rings. The van der Waals surface area contributed by atoms with Gasteiger partial charge in [0, 0.05) is 6.07 Å². The van der Waals surface area contributed by atoms with E-state index in [-0.39, 0.29) is 11.0 Å². The molecule has 3 rings (SSSR count). The molecule has 0 heterocycles. The molecule has 1 aliphatic carbocycles. The number of ether oxygens (including phenoxy) is 1. The maximum Gasteiger partial charge on any atom is 0.297 e. The van der Waals surface area contributed by atoms with Crippen LogP contribution < -0.4 is 4.74 Å². The Morgan fingerprint density at radius 2 is 1.83 bits per heavy atom. The molecule has 122 valence electrons. The minimum absolute atomic E-state index is 0.151. The summed E-state index contributed by atoms with van der Waals surface area (Å²) in [6.45, 7) is 2.29. The predicted molar refractivity (Wildman–Crippen MR) is 87.9 cm³/mol. The van der Waals surface area contributed by atoms with Gasteiger partial charge in [-0.3, -0.25) is 4.18 Å². The van der Waals surface area contributed by atoms with E-state index in [0.717, 1.165) is 30.4 Å². The topological polar surface area (TPSA) is 52.6 Å². The average molecular weight is 332 g/mol. The normalized spacial score (nSPS) is 15.2. The summed E-state index contributed by atoms with van der Waals surface area (Å²) < 4.78 is 35.6. The van der Waals surface area contributed by atoms with Crippen LogP contribution in [-0.4, -0.2) is 14.5 Å². The number of rotatable bonds is 6. The van der Waals surface area contributed by atoms with Crippen LogP contribution in [0.25, 0.3) is 0 Å². The lowest BCUT2D eigenvalue weighted by molar-refractivity contribution is 0.127. The molecule has 1 saturated carbocycles. The smallest absolute Gasteiger partial charge is 0.297 e. The van der Waals surface area contributed by atoms with Crippen LogP contribution in [0, 0.1) is 6.92 Å². The molecule has 2 aromatic rings. The third kappa shape index (κ3) is 3.92. The Morgan fingerprint density at radius 1 is 1.09 bits per heavy atom. The van der Waals surface area contributed by atoms with Crippen molar-refractivity contribution in [2.75, 3.05) is 0 Å². The van der Waals surface area contributed by atoms with E-state index in [1.807, 2.05) is 37.3 Å². The first-order chi connectivity index (χ1) is 11.0. The van der Waals surface area contributed by atoms with E-state index in [9.17, 15) is 8.42 Å². The van der Waals surface area contributed by atoms with Crippen molar-refractivity contribution in [2.45, 2.75) is 43.8 Å². The molecule has 5 heteroatoms. The second-order valence-corrected chi connectivity index (χ2v) is 7.38. The van der Waals surface area contributed by atoms with E-state index in [1.54, 1.807) is 18.2 Å².